The van der Waals surface area contributed by atoms with Crippen LogP contribution in [0.5, 0.6) is 0 Å². The topological polar surface area (TPSA) is 108 Å². The van der Waals surface area contributed by atoms with Crippen LogP contribution >= 0.6 is 0 Å². The second-order valence-electron chi connectivity index (χ2n) is 7.80. The van der Waals surface area contributed by atoms with Gasteiger partial charge >= 0.3 is 6.18 Å². The zero-order valence-corrected chi connectivity index (χ0v) is 17.0. The summed E-state index contributed by atoms with van der Waals surface area (Å²) >= 11 is 0. The normalized spacial score (nSPS) is 19.6. The molecule has 2 N–H and O–H groups in total. The maximum atomic E-state index is 13.1. The molecule has 1 aliphatic heterocycles. The molecule has 1 fully saturated rings. The van der Waals surface area contributed by atoms with Crippen LogP contribution in [-0.4, -0.2) is 58.8 Å². The van der Waals surface area contributed by atoms with Crippen LogP contribution in [0.15, 0.2) is 37.1 Å². The molecule has 5 rings (SSSR count). The van der Waals surface area contributed by atoms with Gasteiger partial charge in [0, 0.05) is 37.6 Å². The number of alkyl halides is 3. The summed E-state index contributed by atoms with van der Waals surface area (Å²) in [7, 11) is 0. The number of halogens is 3. The highest BCUT2D eigenvalue weighted by atomic mass is 19.4. The fourth-order valence-corrected chi connectivity index (χ4v) is 4.12. The number of β-amino-alcohol motifs (C(OH)–C–C–N with tert-alkyl or cyclic N) is 1. The van der Waals surface area contributed by atoms with Crippen molar-refractivity contribution < 1.29 is 18.3 Å². The summed E-state index contributed by atoms with van der Waals surface area (Å²) in [5.74, 6) is 0.859. The molecule has 32 heavy (non-hydrogen) atoms. The number of H-pyrrole nitrogens is 1. The first-order chi connectivity index (χ1) is 15.3. The van der Waals surface area contributed by atoms with E-state index in [1.165, 1.54) is 10.6 Å². The maximum Gasteiger partial charge on any atom is 0.434 e. The first-order valence-electron chi connectivity index (χ1n) is 9.96. The highest BCUT2D eigenvalue weighted by Gasteiger charge is 2.33. The van der Waals surface area contributed by atoms with Crippen molar-refractivity contribution in [2.45, 2.75) is 31.5 Å². The molecular weight excluding hydrogens is 425 g/mol. The van der Waals surface area contributed by atoms with E-state index in [2.05, 4.69) is 30.1 Å². The third kappa shape index (κ3) is 3.66. The van der Waals surface area contributed by atoms with Crippen molar-refractivity contribution in [3.8, 4) is 11.5 Å². The molecule has 0 aliphatic carbocycles. The number of aryl methyl sites for hydroxylation is 1. The number of aliphatic hydroxyl groups excluding tert-OH is 1. The van der Waals surface area contributed by atoms with Gasteiger partial charge in [0.25, 0.3) is 0 Å². The first kappa shape index (κ1) is 20.4. The van der Waals surface area contributed by atoms with E-state index in [4.69, 9.17) is 0 Å². The number of fused-ring (bicyclic) bond motifs is 1. The minimum absolute atomic E-state index is 0.0622. The lowest BCUT2D eigenvalue weighted by Gasteiger charge is -2.36. The summed E-state index contributed by atoms with van der Waals surface area (Å²) < 4.78 is 40.6. The van der Waals surface area contributed by atoms with Crippen molar-refractivity contribution in [1.29, 1.82) is 0 Å². The zero-order chi connectivity index (χ0) is 22.5. The third-order valence-corrected chi connectivity index (χ3v) is 5.62. The molecular formula is C20H19F3N8O. The second-order valence-corrected chi connectivity index (χ2v) is 7.80. The lowest BCUT2D eigenvalue weighted by atomic mass is 9.89. The third-order valence-electron chi connectivity index (χ3n) is 5.62. The smallest absolute Gasteiger partial charge is 0.391 e. The molecule has 0 spiro atoms. The number of aromatic amines is 1. The van der Waals surface area contributed by atoms with Crippen molar-refractivity contribution in [3.63, 3.8) is 0 Å². The average Bonchev–Trinajstić information content (AvgIpc) is 3.38. The molecule has 1 aliphatic rings. The van der Waals surface area contributed by atoms with E-state index >= 15 is 0 Å². The number of hydrogen-bond acceptors (Lipinski definition) is 7. The Morgan fingerprint density at radius 1 is 1.16 bits per heavy atom. The van der Waals surface area contributed by atoms with Crippen molar-refractivity contribution in [2.75, 3.05) is 18.0 Å². The van der Waals surface area contributed by atoms with E-state index in [0.29, 0.717) is 31.0 Å². The number of anilines is 1. The highest BCUT2D eigenvalue weighted by molar-refractivity contribution is 5.58. The molecule has 9 nitrogen and oxygen atoms in total. The van der Waals surface area contributed by atoms with Crippen LogP contribution in [0.2, 0.25) is 0 Å². The molecule has 12 heteroatoms. The molecule has 0 saturated carbocycles. The number of nitrogens with one attached hydrogen (secondary N) is 1. The Kier molecular flexibility index (Phi) is 4.81. The number of rotatable bonds is 3. The van der Waals surface area contributed by atoms with E-state index in [-0.39, 0.29) is 17.4 Å². The van der Waals surface area contributed by atoms with Gasteiger partial charge in [-0.25, -0.2) is 19.9 Å². The summed E-state index contributed by atoms with van der Waals surface area (Å²) in [6, 6.07) is 1.72. The molecule has 4 aromatic rings. The molecule has 0 aromatic carbocycles. The number of hydrogen-bond donors (Lipinski definition) is 2. The van der Waals surface area contributed by atoms with Crippen LogP contribution in [0.4, 0.5) is 19.0 Å². The summed E-state index contributed by atoms with van der Waals surface area (Å²) in [6.45, 7) is 2.91. The van der Waals surface area contributed by atoms with Gasteiger partial charge < -0.3 is 10.0 Å². The van der Waals surface area contributed by atoms with Gasteiger partial charge in [0.2, 0.25) is 0 Å². The molecule has 0 unspecified atom stereocenters. The molecule has 1 saturated heterocycles. The Hall–Kier alpha value is -3.54. The van der Waals surface area contributed by atoms with Crippen LogP contribution in [0.25, 0.3) is 17.2 Å². The minimum atomic E-state index is -4.58. The van der Waals surface area contributed by atoms with Crippen LogP contribution in [0.1, 0.15) is 29.3 Å². The van der Waals surface area contributed by atoms with Crippen molar-refractivity contribution in [1.82, 2.24) is 34.5 Å². The summed E-state index contributed by atoms with van der Waals surface area (Å²) in [6.07, 6.45) is 2.22. The maximum absolute atomic E-state index is 13.1. The van der Waals surface area contributed by atoms with Gasteiger partial charge in [0.15, 0.2) is 17.2 Å². The predicted molar refractivity (Wildman–Crippen MR) is 108 cm³/mol. The van der Waals surface area contributed by atoms with E-state index in [9.17, 15) is 18.3 Å². The number of piperidine rings is 1. The van der Waals surface area contributed by atoms with Gasteiger partial charge in [0.05, 0.1) is 24.2 Å². The predicted octanol–water partition coefficient (Wildman–Crippen LogP) is 2.59. The highest BCUT2D eigenvalue weighted by Crippen LogP contribution is 2.32. The quantitative estimate of drug-likeness (QED) is 0.500. The molecule has 4 aromatic heterocycles. The SMILES string of the molecule is Cc1n[nH]cc1[C@H]1C[C@@H](O)CN(c2ccnc(-c3cnc4cnc(C(F)(F)F)cn34)n2)C1. The largest absolute Gasteiger partial charge is 0.434 e. The van der Waals surface area contributed by atoms with Crippen LogP contribution in [0.3, 0.4) is 0 Å². The standard InChI is InChI=1S/C20H19F3N8O/c1-11-14(5-27-29-11)12-4-13(32)9-30(8-12)17-2-3-24-19(28-17)15-6-26-18-7-25-16(10-31(15)18)20(21,22)23/h2-3,5-7,10,12-13,32H,4,8-9H2,1H3,(H,27,29)/t12-,13+/m0/s1. The number of imidazole rings is 1. The molecule has 0 radical (unpaired) electrons. The Balaban J connectivity index is 1.49. The van der Waals surface area contributed by atoms with Gasteiger partial charge in [0.1, 0.15) is 11.5 Å². The van der Waals surface area contributed by atoms with Gasteiger partial charge in [-0.2, -0.15) is 18.3 Å². The zero-order valence-electron chi connectivity index (χ0n) is 17.0. The van der Waals surface area contributed by atoms with E-state index in [1.807, 2.05) is 18.0 Å². The van der Waals surface area contributed by atoms with E-state index < -0.39 is 18.0 Å². The number of aromatic nitrogens is 7. The van der Waals surface area contributed by atoms with Crippen molar-refractivity contribution in [2.24, 2.45) is 0 Å². The summed E-state index contributed by atoms with van der Waals surface area (Å²) in [5.41, 5.74) is 1.46. The molecule has 166 valence electrons. The van der Waals surface area contributed by atoms with Crippen LogP contribution in [-0.2, 0) is 6.18 Å². The molecule has 0 amide bonds. The average molecular weight is 444 g/mol. The monoisotopic (exact) mass is 444 g/mol. The number of aliphatic hydroxyl groups is 1. The van der Waals surface area contributed by atoms with Gasteiger partial charge in [-0.15, -0.1) is 0 Å². The van der Waals surface area contributed by atoms with Gasteiger partial charge in [-0.05, 0) is 25.0 Å². The minimum Gasteiger partial charge on any atom is -0.391 e. The Morgan fingerprint density at radius 2 is 2.00 bits per heavy atom. The van der Waals surface area contributed by atoms with Crippen molar-refractivity contribution in [3.05, 3.63) is 54.0 Å². The summed E-state index contributed by atoms with van der Waals surface area (Å²) in [5, 5.41) is 17.5. The van der Waals surface area contributed by atoms with Gasteiger partial charge in [-0.3, -0.25) is 9.50 Å². The van der Waals surface area contributed by atoms with Crippen molar-refractivity contribution >= 4 is 11.5 Å². The first-order valence-corrected chi connectivity index (χ1v) is 9.96. The lowest BCUT2D eigenvalue weighted by molar-refractivity contribution is -0.141. The Bertz CT molecular complexity index is 1270. The van der Waals surface area contributed by atoms with Crippen LogP contribution < -0.4 is 4.90 Å². The number of nitrogens with zero attached hydrogens (tertiary/aromatic N) is 7. The molecule has 2 atom stereocenters. The second kappa shape index (κ2) is 7.55. The summed E-state index contributed by atoms with van der Waals surface area (Å²) in [4.78, 5) is 18.3. The molecule has 0 bridgehead atoms. The fourth-order valence-electron chi connectivity index (χ4n) is 4.12. The van der Waals surface area contributed by atoms with Gasteiger partial charge in [-0.1, -0.05) is 0 Å². The van der Waals surface area contributed by atoms with Crippen LogP contribution in [0, 0.1) is 6.92 Å². The van der Waals surface area contributed by atoms with E-state index in [0.717, 1.165) is 23.7 Å². The Morgan fingerprint density at radius 3 is 2.75 bits per heavy atom. The van der Waals surface area contributed by atoms with E-state index in [1.54, 1.807) is 12.3 Å². The lowest BCUT2D eigenvalue weighted by Crippen LogP contribution is -2.42. The fraction of sp³-hybridized carbons (Fsp3) is 0.350. The Labute approximate surface area is 180 Å². The molecule has 5 heterocycles.